The van der Waals surface area contributed by atoms with Crippen molar-refractivity contribution in [3.8, 4) is 11.8 Å². The third-order valence-corrected chi connectivity index (χ3v) is 5.05. The number of carbonyl (C=O) groups excluding carboxylic acids is 1. The highest BCUT2D eigenvalue weighted by atomic mass is 127. The zero-order valence-electron chi connectivity index (χ0n) is 12.5. The van der Waals surface area contributed by atoms with Crippen LogP contribution in [0.25, 0.3) is 0 Å². The number of halogens is 1. The molecule has 2 N–H and O–H groups in total. The van der Waals surface area contributed by atoms with Gasteiger partial charge in [-0.05, 0) is 34.7 Å². The van der Waals surface area contributed by atoms with Gasteiger partial charge < -0.3 is 9.47 Å². The molecule has 2 heterocycles. The molecule has 12 heteroatoms. The van der Waals surface area contributed by atoms with E-state index in [1.807, 2.05) is 4.72 Å². The van der Waals surface area contributed by atoms with Crippen LogP contribution >= 0.6 is 22.6 Å². The quantitative estimate of drug-likeness (QED) is 0.626. The highest BCUT2D eigenvalue weighted by molar-refractivity contribution is 14.1. The lowest BCUT2D eigenvalue weighted by molar-refractivity contribution is 0.256. The van der Waals surface area contributed by atoms with Gasteiger partial charge in [-0.2, -0.15) is 18.4 Å². The van der Waals surface area contributed by atoms with E-state index in [2.05, 4.69) is 20.3 Å². The Bertz CT molecular complexity index is 838. The summed E-state index contributed by atoms with van der Waals surface area (Å²) >= 11 is 1.80. The van der Waals surface area contributed by atoms with E-state index in [0.717, 1.165) is 0 Å². The van der Waals surface area contributed by atoms with Gasteiger partial charge in [-0.15, -0.1) is 0 Å². The van der Waals surface area contributed by atoms with Gasteiger partial charge in [0.05, 0.1) is 23.9 Å². The van der Waals surface area contributed by atoms with Crippen molar-refractivity contribution in [2.24, 2.45) is 0 Å². The highest BCUT2D eigenvalue weighted by Gasteiger charge is 2.22. The number of nitrogens with one attached hydrogen (secondary N) is 2. The van der Waals surface area contributed by atoms with Crippen LogP contribution in [-0.2, 0) is 10.0 Å². The van der Waals surface area contributed by atoms with Gasteiger partial charge in [0.1, 0.15) is 0 Å². The maximum atomic E-state index is 12.2. The molecule has 0 aromatic carbocycles. The van der Waals surface area contributed by atoms with E-state index in [1.54, 1.807) is 34.7 Å². The number of sulfonamides is 1. The van der Waals surface area contributed by atoms with Crippen LogP contribution in [0.3, 0.4) is 0 Å². The Labute approximate surface area is 151 Å². The first-order chi connectivity index (χ1) is 11.4. The molecule has 0 aliphatic carbocycles. The molecule has 0 atom stereocenters. The molecule has 0 fully saturated rings. The van der Waals surface area contributed by atoms with E-state index < -0.39 is 16.1 Å². The van der Waals surface area contributed by atoms with Crippen molar-refractivity contribution < 1.29 is 22.7 Å². The molecule has 0 radical (unpaired) electrons. The molecule has 0 spiro atoms. The second-order valence-corrected chi connectivity index (χ2v) is 6.89. The molecular formula is C12H12IN5O5S. The third-order valence-electron chi connectivity index (χ3n) is 2.53. The van der Waals surface area contributed by atoms with Crippen molar-refractivity contribution in [2.45, 2.75) is 5.03 Å². The molecule has 0 saturated carbocycles. The summed E-state index contributed by atoms with van der Waals surface area (Å²) in [4.78, 5) is 23.4. The van der Waals surface area contributed by atoms with Gasteiger partial charge in [-0.1, -0.05) is 0 Å². The van der Waals surface area contributed by atoms with Crippen molar-refractivity contribution in [2.75, 3.05) is 19.5 Å². The maximum absolute atomic E-state index is 12.2. The van der Waals surface area contributed by atoms with Crippen LogP contribution in [0.4, 0.5) is 10.7 Å². The number of rotatable bonds is 5. The summed E-state index contributed by atoms with van der Waals surface area (Å²) in [6.45, 7) is 0. The van der Waals surface area contributed by atoms with Crippen LogP contribution in [0.1, 0.15) is 0 Å². The minimum Gasteiger partial charge on any atom is -0.481 e. The first-order valence-electron chi connectivity index (χ1n) is 6.27. The van der Waals surface area contributed by atoms with E-state index in [0.29, 0.717) is 3.57 Å². The van der Waals surface area contributed by atoms with E-state index in [4.69, 9.17) is 9.47 Å². The molecule has 0 bridgehead atoms. The second kappa shape index (κ2) is 7.57. The summed E-state index contributed by atoms with van der Waals surface area (Å²) in [6.07, 6.45) is 1.31. The lowest BCUT2D eigenvalue weighted by Gasteiger charge is -2.09. The average Bonchev–Trinajstić information content (AvgIpc) is 2.53. The van der Waals surface area contributed by atoms with Crippen molar-refractivity contribution in [3.05, 3.63) is 28.0 Å². The topological polar surface area (TPSA) is 132 Å². The van der Waals surface area contributed by atoms with Crippen LogP contribution in [0.5, 0.6) is 11.8 Å². The van der Waals surface area contributed by atoms with Crippen LogP contribution in [0.15, 0.2) is 29.4 Å². The largest absolute Gasteiger partial charge is 0.481 e. The number of anilines is 1. The maximum Gasteiger partial charge on any atom is 0.335 e. The summed E-state index contributed by atoms with van der Waals surface area (Å²) in [5, 5.41) is 1.94. The van der Waals surface area contributed by atoms with E-state index in [9.17, 15) is 13.2 Å². The SMILES string of the molecule is COc1cc(OC)nc(NC(=O)NS(=O)(=O)c2ncccc2I)n1. The molecule has 10 nitrogen and oxygen atoms in total. The number of hydrogen-bond acceptors (Lipinski definition) is 8. The van der Waals surface area contributed by atoms with Crippen molar-refractivity contribution in [1.82, 2.24) is 19.7 Å². The minimum atomic E-state index is -4.14. The molecule has 2 amide bonds. The second-order valence-electron chi connectivity index (χ2n) is 4.13. The van der Waals surface area contributed by atoms with Crippen LogP contribution in [-0.4, -0.2) is 43.6 Å². The van der Waals surface area contributed by atoms with Gasteiger partial charge >= 0.3 is 6.03 Å². The summed E-state index contributed by atoms with van der Waals surface area (Å²) in [6, 6.07) is 3.48. The number of aromatic nitrogens is 3. The molecule has 0 aliphatic rings. The van der Waals surface area contributed by atoms with Crippen molar-refractivity contribution in [1.29, 1.82) is 0 Å². The Morgan fingerprint density at radius 2 is 1.83 bits per heavy atom. The standard InChI is InChI=1S/C12H12IN5O5S/c1-22-8-6-9(23-2)16-11(15-8)17-12(19)18-24(20,21)10-7(13)4-3-5-14-10/h3-6H,1-2H3,(H2,15,16,17,18,19). The summed E-state index contributed by atoms with van der Waals surface area (Å²) in [7, 11) is -1.39. The number of urea groups is 1. The fourth-order valence-corrected chi connectivity index (χ4v) is 3.67. The molecule has 2 rings (SSSR count). The average molecular weight is 465 g/mol. The zero-order valence-corrected chi connectivity index (χ0v) is 15.5. The number of nitrogens with zero attached hydrogens (tertiary/aromatic N) is 3. The Morgan fingerprint density at radius 3 is 2.38 bits per heavy atom. The number of amides is 2. The number of pyridine rings is 1. The van der Waals surface area contributed by atoms with Gasteiger partial charge in [-0.3, -0.25) is 5.32 Å². The predicted molar refractivity (Wildman–Crippen MR) is 91.4 cm³/mol. The predicted octanol–water partition coefficient (Wildman–Crippen LogP) is 1.00. The van der Waals surface area contributed by atoms with E-state index in [-0.39, 0.29) is 22.7 Å². The van der Waals surface area contributed by atoms with Gasteiger partial charge in [-0.25, -0.2) is 14.5 Å². The highest BCUT2D eigenvalue weighted by Crippen LogP contribution is 2.18. The Balaban J connectivity index is 2.18. The van der Waals surface area contributed by atoms with Crippen molar-refractivity contribution >= 4 is 44.6 Å². The van der Waals surface area contributed by atoms with Gasteiger partial charge in [0.2, 0.25) is 17.7 Å². The fourth-order valence-electron chi connectivity index (χ4n) is 1.54. The number of hydrogen-bond donors (Lipinski definition) is 2. The van der Waals surface area contributed by atoms with Crippen LogP contribution in [0.2, 0.25) is 0 Å². The number of ether oxygens (including phenoxy) is 2. The molecular weight excluding hydrogens is 453 g/mol. The monoisotopic (exact) mass is 465 g/mol. The van der Waals surface area contributed by atoms with Crippen molar-refractivity contribution in [3.63, 3.8) is 0 Å². The Morgan fingerprint density at radius 1 is 1.21 bits per heavy atom. The fraction of sp³-hybridized carbons (Fsp3) is 0.167. The molecule has 0 saturated heterocycles. The van der Waals surface area contributed by atoms with E-state index in [1.165, 1.54) is 26.5 Å². The number of methoxy groups -OCH3 is 2. The Kier molecular flexibility index (Phi) is 5.71. The minimum absolute atomic E-state index is 0.138. The van der Waals surface area contributed by atoms with Crippen LogP contribution < -0.4 is 19.5 Å². The molecule has 128 valence electrons. The van der Waals surface area contributed by atoms with Crippen LogP contribution in [0, 0.1) is 3.57 Å². The molecule has 0 aliphatic heterocycles. The summed E-state index contributed by atoms with van der Waals surface area (Å²) in [5.41, 5.74) is 0. The lowest BCUT2D eigenvalue weighted by atomic mass is 10.5. The molecule has 2 aromatic rings. The first-order valence-corrected chi connectivity index (χ1v) is 8.83. The van der Waals surface area contributed by atoms with E-state index >= 15 is 0 Å². The van der Waals surface area contributed by atoms with Gasteiger partial charge in [0, 0.05) is 6.20 Å². The van der Waals surface area contributed by atoms with Gasteiger partial charge in [0.15, 0.2) is 5.03 Å². The smallest absolute Gasteiger partial charge is 0.335 e. The third kappa shape index (κ3) is 4.41. The molecule has 24 heavy (non-hydrogen) atoms. The molecule has 0 unspecified atom stereocenters. The Hall–Kier alpha value is -2.22. The first kappa shape index (κ1) is 18.1. The molecule has 2 aromatic heterocycles. The lowest BCUT2D eigenvalue weighted by Crippen LogP contribution is -2.35. The van der Waals surface area contributed by atoms with Gasteiger partial charge in [0.25, 0.3) is 10.0 Å². The number of carbonyl (C=O) groups is 1. The normalized spacial score (nSPS) is 10.8. The zero-order chi connectivity index (χ0) is 17.7. The summed E-state index contributed by atoms with van der Waals surface area (Å²) < 4.78 is 36.4. The summed E-state index contributed by atoms with van der Waals surface area (Å²) in [5.74, 6) is 0.0909.